The average Bonchev–Trinajstić information content (AvgIpc) is 3.59. The molecule has 0 bridgehead atoms. The Morgan fingerprint density at radius 2 is 1.63 bits per heavy atom. The van der Waals surface area contributed by atoms with Crippen molar-refractivity contribution >= 4 is 23.5 Å². The number of thiophene rings is 1. The molecular weight excluding hydrogens is 462 g/mol. The topological polar surface area (TPSA) is 65.1 Å². The minimum Gasteiger partial charge on any atom is -0.491 e. The fraction of sp³-hybridized carbons (Fsp3) is 0.143. The first kappa shape index (κ1) is 22.8. The van der Waals surface area contributed by atoms with Crippen LogP contribution < -0.4 is 9.47 Å². The number of rotatable bonds is 8. The monoisotopic (exact) mass is 485 g/mol. The largest absolute Gasteiger partial charge is 0.491 e. The molecule has 4 aromatic rings. The smallest absolute Gasteiger partial charge is 0.266 e. The maximum Gasteiger partial charge on any atom is 0.266 e. The highest BCUT2D eigenvalue weighted by Crippen LogP contribution is 2.34. The van der Waals surface area contributed by atoms with Gasteiger partial charge < -0.3 is 19.1 Å². The molecule has 0 N–H and O–H groups in total. The van der Waals surface area contributed by atoms with Crippen molar-refractivity contribution in [2.24, 2.45) is 0 Å². The van der Waals surface area contributed by atoms with Gasteiger partial charge in [-0.3, -0.25) is 9.59 Å². The van der Waals surface area contributed by atoms with E-state index < -0.39 is 6.23 Å². The number of aldehydes is 1. The van der Waals surface area contributed by atoms with Crippen LogP contribution in [-0.2, 0) is 4.74 Å². The minimum atomic E-state index is -0.540. The van der Waals surface area contributed by atoms with Crippen LogP contribution >= 0.6 is 11.3 Å². The zero-order valence-corrected chi connectivity index (χ0v) is 19.6. The Morgan fingerprint density at radius 3 is 2.31 bits per heavy atom. The van der Waals surface area contributed by atoms with Gasteiger partial charge in [0.25, 0.3) is 5.91 Å². The van der Waals surface area contributed by atoms with Crippen LogP contribution in [0.1, 0.15) is 31.8 Å². The lowest BCUT2D eigenvalue weighted by molar-refractivity contribution is -0.0117. The van der Waals surface area contributed by atoms with E-state index in [0.29, 0.717) is 28.5 Å². The number of para-hydroxylation sites is 1. The molecule has 0 saturated carbocycles. The summed E-state index contributed by atoms with van der Waals surface area (Å²) in [6.45, 7) is 0.677. The number of amides is 1. The first-order chi connectivity index (χ1) is 17.2. The second kappa shape index (κ2) is 10.5. The van der Waals surface area contributed by atoms with E-state index in [0.717, 1.165) is 17.6 Å². The lowest BCUT2D eigenvalue weighted by atomic mass is 10.1. The van der Waals surface area contributed by atoms with E-state index in [4.69, 9.17) is 14.2 Å². The van der Waals surface area contributed by atoms with E-state index in [-0.39, 0.29) is 18.6 Å². The number of hydrogen-bond donors (Lipinski definition) is 0. The molecule has 0 radical (unpaired) electrons. The standard InChI is InChI=1S/C28H23NO5S/c30-18-20-8-12-22(13-9-20)32-19-25-17-29(27(31)26-7-4-16-35-26)28(34-25)21-10-14-24(15-11-21)33-23-5-2-1-3-6-23/h1-16,18,25,28H,17,19H2. The molecule has 2 heterocycles. The van der Waals surface area contributed by atoms with Gasteiger partial charge in [0.15, 0.2) is 6.23 Å². The van der Waals surface area contributed by atoms with Crippen LogP contribution in [0.2, 0.25) is 0 Å². The Morgan fingerprint density at radius 1 is 0.914 bits per heavy atom. The molecule has 0 aliphatic carbocycles. The Bertz CT molecular complexity index is 1260. The average molecular weight is 486 g/mol. The van der Waals surface area contributed by atoms with Crippen molar-refractivity contribution in [3.05, 3.63) is 112 Å². The Hall–Kier alpha value is -3.94. The molecule has 6 nitrogen and oxygen atoms in total. The van der Waals surface area contributed by atoms with Gasteiger partial charge in [-0.05, 0) is 60.0 Å². The summed E-state index contributed by atoms with van der Waals surface area (Å²) < 4.78 is 18.1. The van der Waals surface area contributed by atoms with E-state index in [9.17, 15) is 9.59 Å². The third-order valence-electron chi connectivity index (χ3n) is 5.59. The SMILES string of the molecule is O=Cc1ccc(OCC2CN(C(=O)c3cccs3)C(c3ccc(Oc4ccccc4)cc3)O2)cc1. The van der Waals surface area contributed by atoms with Crippen LogP contribution in [-0.4, -0.2) is 36.3 Å². The Kier molecular flexibility index (Phi) is 6.88. The molecule has 176 valence electrons. The molecule has 1 aliphatic heterocycles. The second-order valence-corrected chi connectivity index (χ2v) is 8.98. The predicted octanol–water partition coefficient (Wildman–Crippen LogP) is 5.97. The summed E-state index contributed by atoms with van der Waals surface area (Å²) in [5.74, 6) is 2.02. The van der Waals surface area contributed by atoms with E-state index in [1.54, 1.807) is 29.2 Å². The summed E-state index contributed by atoms with van der Waals surface area (Å²) in [5.41, 5.74) is 1.44. The molecule has 35 heavy (non-hydrogen) atoms. The highest BCUT2D eigenvalue weighted by atomic mass is 32.1. The van der Waals surface area contributed by atoms with Gasteiger partial charge in [-0.15, -0.1) is 11.3 Å². The zero-order chi connectivity index (χ0) is 24.0. The number of hydrogen-bond acceptors (Lipinski definition) is 6. The van der Waals surface area contributed by atoms with E-state index in [2.05, 4.69) is 0 Å². The molecule has 7 heteroatoms. The van der Waals surface area contributed by atoms with Gasteiger partial charge in [0.2, 0.25) is 0 Å². The van der Waals surface area contributed by atoms with Gasteiger partial charge >= 0.3 is 0 Å². The van der Waals surface area contributed by atoms with E-state index in [1.165, 1.54) is 11.3 Å². The van der Waals surface area contributed by atoms with Crippen LogP contribution in [0.15, 0.2) is 96.4 Å². The number of carbonyl (C=O) groups is 2. The van der Waals surface area contributed by atoms with Crippen LogP contribution in [0.4, 0.5) is 0 Å². The summed E-state index contributed by atoms with van der Waals surface area (Å²) in [7, 11) is 0. The van der Waals surface area contributed by atoms with Gasteiger partial charge in [-0.25, -0.2) is 0 Å². The number of ether oxygens (including phenoxy) is 3. The predicted molar refractivity (Wildman–Crippen MR) is 133 cm³/mol. The summed E-state index contributed by atoms with van der Waals surface area (Å²) in [6.07, 6.45) is -0.0603. The van der Waals surface area contributed by atoms with Gasteiger partial charge in [0.1, 0.15) is 36.2 Å². The van der Waals surface area contributed by atoms with Gasteiger partial charge in [-0.1, -0.05) is 36.4 Å². The molecule has 1 aliphatic rings. The number of carbonyl (C=O) groups excluding carboxylic acids is 2. The van der Waals surface area contributed by atoms with E-state index >= 15 is 0 Å². The Balaban J connectivity index is 1.31. The van der Waals surface area contributed by atoms with Crippen LogP contribution in [0, 0.1) is 0 Å². The van der Waals surface area contributed by atoms with Crippen LogP contribution in [0.5, 0.6) is 17.2 Å². The van der Waals surface area contributed by atoms with Crippen LogP contribution in [0.25, 0.3) is 0 Å². The quantitative estimate of drug-likeness (QED) is 0.288. The number of benzene rings is 3. The molecular formula is C28H23NO5S. The molecule has 1 amide bonds. The molecule has 1 aromatic heterocycles. The third kappa shape index (κ3) is 5.42. The van der Waals surface area contributed by atoms with Crippen molar-refractivity contribution in [2.45, 2.75) is 12.3 Å². The maximum atomic E-state index is 13.2. The first-order valence-electron chi connectivity index (χ1n) is 11.2. The second-order valence-electron chi connectivity index (χ2n) is 8.03. The zero-order valence-electron chi connectivity index (χ0n) is 18.8. The van der Waals surface area contributed by atoms with Crippen molar-refractivity contribution in [3.63, 3.8) is 0 Å². The minimum absolute atomic E-state index is 0.0764. The summed E-state index contributed by atoms with van der Waals surface area (Å²) in [5, 5.41) is 1.89. The third-order valence-corrected chi connectivity index (χ3v) is 6.45. The van der Waals surface area contributed by atoms with Crippen molar-refractivity contribution in [3.8, 4) is 17.2 Å². The fourth-order valence-corrected chi connectivity index (χ4v) is 4.53. The van der Waals surface area contributed by atoms with Gasteiger partial charge in [0.05, 0.1) is 11.4 Å². The van der Waals surface area contributed by atoms with Crippen molar-refractivity contribution in [1.82, 2.24) is 4.90 Å². The molecule has 2 unspecified atom stereocenters. The van der Waals surface area contributed by atoms with Crippen molar-refractivity contribution in [2.75, 3.05) is 13.2 Å². The van der Waals surface area contributed by atoms with Crippen LogP contribution in [0.3, 0.4) is 0 Å². The molecule has 3 aromatic carbocycles. The van der Waals surface area contributed by atoms with E-state index in [1.807, 2.05) is 72.1 Å². The summed E-state index contributed by atoms with van der Waals surface area (Å²) in [4.78, 5) is 26.5. The lowest BCUT2D eigenvalue weighted by Crippen LogP contribution is -2.32. The normalized spacial score (nSPS) is 17.2. The lowest BCUT2D eigenvalue weighted by Gasteiger charge is -2.23. The molecule has 5 rings (SSSR count). The molecule has 1 fully saturated rings. The first-order valence-corrected chi connectivity index (χ1v) is 12.1. The highest BCUT2D eigenvalue weighted by Gasteiger charge is 2.38. The maximum absolute atomic E-state index is 13.2. The molecule has 0 spiro atoms. The summed E-state index contributed by atoms with van der Waals surface area (Å²) in [6, 6.07) is 27.7. The molecule has 2 atom stereocenters. The highest BCUT2D eigenvalue weighted by molar-refractivity contribution is 7.12. The summed E-state index contributed by atoms with van der Waals surface area (Å²) >= 11 is 1.41. The van der Waals surface area contributed by atoms with Crippen molar-refractivity contribution < 1.29 is 23.8 Å². The number of nitrogens with zero attached hydrogens (tertiary/aromatic N) is 1. The molecule has 1 saturated heterocycles. The van der Waals surface area contributed by atoms with Gasteiger partial charge in [0, 0.05) is 11.1 Å². The van der Waals surface area contributed by atoms with Gasteiger partial charge in [-0.2, -0.15) is 0 Å². The Labute approximate surface area is 207 Å². The van der Waals surface area contributed by atoms with Crippen molar-refractivity contribution in [1.29, 1.82) is 0 Å². The fourth-order valence-electron chi connectivity index (χ4n) is 3.85.